The minimum atomic E-state index is -0.693. The maximum absolute atomic E-state index is 9.73. The number of ether oxygens (including phenoxy) is 1. The van der Waals surface area contributed by atoms with Crippen molar-refractivity contribution in [1.29, 1.82) is 0 Å². The van der Waals surface area contributed by atoms with E-state index in [2.05, 4.69) is 41.2 Å². The van der Waals surface area contributed by atoms with Crippen LogP contribution in [-0.4, -0.2) is 23.9 Å². The van der Waals surface area contributed by atoms with Crippen molar-refractivity contribution in [3.8, 4) is 5.75 Å². The highest BCUT2D eigenvalue weighted by molar-refractivity contribution is 9.10. The van der Waals surface area contributed by atoms with Gasteiger partial charge in [-0.1, -0.05) is 22.9 Å². The van der Waals surface area contributed by atoms with E-state index in [1.54, 1.807) is 13.8 Å². The van der Waals surface area contributed by atoms with Crippen molar-refractivity contribution in [2.75, 3.05) is 13.2 Å². The Morgan fingerprint density at radius 1 is 1.40 bits per heavy atom. The minimum Gasteiger partial charge on any atom is -0.493 e. The van der Waals surface area contributed by atoms with Crippen LogP contribution in [0.5, 0.6) is 5.75 Å². The molecule has 0 aliphatic carbocycles. The molecule has 0 saturated heterocycles. The lowest BCUT2D eigenvalue weighted by Gasteiger charge is -2.21. The van der Waals surface area contributed by atoms with E-state index in [1.807, 2.05) is 12.1 Å². The third-order valence-corrected chi connectivity index (χ3v) is 3.60. The van der Waals surface area contributed by atoms with E-state index < -0.39 is 5.60 Å². The van der Waals surface area contributed by atoms with Crippen LogP contribution in [0.1, 0.15) is 52.1 Å². The molecule has 1 atom stereocenters. The summed E-state index contributed by atoms with van der Waals surface area (Å²) in [6, 6.07) is 6.29. The summed E-state index contributed by atoms with van der Waals surface area (Å²) in [5.74, 6) is 0.883. The molecule has 0 amide bonds. The van der Waals surface area contributed by atoms with Gasteiger partial charge in [-0.05, 0) is 51.9 Å². The average molecular weight is 344 g/mol. The first-order valence-electron chi connectivity index (χ1n) is 7.21. The first kappa shape index (κ1) is 17.5. The number of nitrogens with one attached hydrogen (secondary N) is 1. The van der Waals surface area contributed by atoms with Crippen LogP contribution >= 0.6 is 15.9 Å². The van der Waals surface area contributed by atoms with Gasteiger partial charge in [0.1, 0.15) is 5.75 Å². The number of hydrogen-bond acceptors (Lipinski definition) is 3. The second-order valence-electron chi connectivity index (χ2n) is 5.77. The molecule has 0 spiro atoms. The number of aliphatic hydroxyl groups is 1. The van der Waals surface area contributed by atoms with Crippen LogP contribution in [0.2, 0.25) is 0 Å². The number of rotatable bonds is 8. The molecule has 114 valence electrons. The summed E-state index contributed by atoms with van der Waals surface area (Å²) in [5, 5.41) is 13.2. The zero-order valence-electron chi connectivity index (χ0n) is 12.9. The van der Waals surface area contributed by atoms with Gasteiger partial charge in [-0.3, -0.25) is 0 Å². The molecular weight excluding hydrogens is 318 g/mol. The highest BCUT2D eigenvalue weighted by atomic mass is 79.9. The fourth-order valence-electron chi connectivity index (χ4n) is 1.87. The largest absolute Gasteiger partial charge is 0.493 e. The van der Waals surface area contributed by atoms with Gasteiger partial charge in [0.05, 0.1) is 12.2 Å². The Balaban J connectivity index is 2.74. The molecule has 1 rings (SSSR count). The highest BCUT2D eigenvalue weighted by Crippen LogP contribution is 2.29. The molecule has 0 bridgehead atoms. The molecule has 4 heteroatoms. The van der Waals surface area contributed by atoms with Crippen molar-refractivity contribution in [1.82, 2.24) is 5.32 Å². The van der Waals surface area contributed by atoms with Crippen LogP contribution in [0, 0.1) is 0 Å². The van der Waals surface area contributed by atoms with Crippen LogP contribution in [0.25, 0.3) is 0 Å². The summed E-state index contributed by atoms with van der Waals surface area (Å²) < 4.78 is 6.90. The summed E-state index contributed by atoms with van der Waals surface area (Å²) in [5.41, 5.74) is 0.449. The smallest absolute Gasteiger partial charge is 0.124 e. The molecule has 0 aliphatic heterocycles. The molecule has 0 aromatic heterocycles. The molecule has 0 aliphatic rings. The van der Waals surface area contributed by atoms with Crippen molar-refractivity contribution < 1.29 is 9.84 Å². The van der Waals surface area contributed by atoms with Gasteiger partial charge in [-0.15, -0.1) is 0 Å². The van der Waals surface area contributed by atoms with Gasteiger partial charge in [-0.2, -0.15) is 0 Å². The lowest BCUT2D eigenvalue weighted by molar-refractivity contribution is 0.0551. The molecule has 0 heterocycles. The fraction of sp³-hybridized carbons (Fsp3) is 0.625. The van der Waals surface area contributed by atoms with E-state index in [4.69, 9.17) is 4.74 Å². The Morgan fingerprint density at radius 3 is 2.70 bits per heavy atom. The maximum atomic E-state index is 9.73. The normalized spacial score (nSPS) is 13.3. The highest BCUT2D eigenvalue weighted by Gasteiger charge is 2.15. The summed E-state index contributed by atoms with van der Waals surface area (Å²) in [4.78, 5) is 0. The van der Waals surface area contributed by atoms with Gasteiger partial charge >= 0.3 is 0 Å². The van der Waals surface area contributed by atoms with Gasteiger partial charge in [0.2, 0.25) is 0 Å². The molecule has 0 saturated carbocycles. The Hall–Kier alpha value is -0.580. The molecule has 0 radical (unpaired) electrons. The second kappa shape index (κ2) is 8.01. The number of benzene rings is 1. The summed E-state index contributed by atoms with van der Waals surface area (Å²) in [6.45, 7) is 9.38. The Kier molecular flexibility index (Phi) is 7.00. The molecule has 0 fully saturated rings. The molecule has 1 aromatic rings. The fourth-order valence-corrected chi connectivity index (χ4v) is 2.25. The third kappa shape index (κ3) is 6.25. The van der Waals surface area contributed by atoms with Gasteiger partial charge in [0, 0.05) is 22.5 Å². The third-order valence-electron chi connectivity index (χ3n) is 3.11. The van der Waals surface area contributed by atoms with E-state index >= 15 is 0 Å². The van der Waals surface area contributed by atoms with E-state index in [0.29, 0.717) is 13.0 Å². The predicted molar refractivity (Wildman–Crippen MR) is 87.3 cm³/mol. The first-order chi connectivity index (χ1) is 9.33. The Labute approximate surface area is 130 Å². The van der Waals surface area contributed by atoms with E-state index in [1.165, 1.54) is 0 Å². The monoisotopic (exact) mass is 343 g/mol. The quantitative estimate of drug-likeness (QED) is 0.748. The number of hydrogen-bond donors (Lipinski definition) is 2. The van der Waals surface area contributed by atoms with Gasteiger partial charge < -0.3 is 15.2 Å². The molecule has 1 unspecified atom stereocenters. The maximum Gasteiger partial charge on any atom is 0.124 e. The van der Waals surface area contributed by atoms with E-state index in [9.17, 15) is 5.11 Å². The average Bonchev–Trinajstić information content (AvgIpc) is 2.36. The Bertz CT molecular complexity index is 415. The van der Waals surface area contributed by atoms with Gasteiger partial charge in [-0.25, -0.2) is 0 Å². The van der Waals surface area contributed by atoms with Crippen LogP contribution in [0.3, 0.4) is 0 Å². The zero-order valence-corrected chi connectivity index (χ0v) is 14.5. The standard InChI is InChI=1S/C16H26BrNO2/c1-5-9-18-12(2)14-11-13(17)6-7-15(14)20-10-8-16(3,4)19/h6-7,11-12,18-19H,5,8-10H2,1-4H3. The zero-order chi connectivity index (χ0) is 15.2. The minimum absolute atomic E-state index is 0.240. The van der Waals surface area contributed by atoms with Crippen LogP contribution in [-0.2, 0) is 0 Å². The van der Waals surface area contributed by atoms with Crippen molar-refractivity contribution >= 4 is 15.9 Å². The first-order valence-corrected chi connectivity index (χ1v) is 8.01. The van der Waals surface area contributed by atoms with E-state index in [-0.39, 0.29) is 6.04 Å². The molecule has 1 aromatic carbocycles. The Morgan fingerprint density at radius 2 is 2.10 bits per heavy atom. The molecular formula is C16H26BrNO2. The molecule has 20 heavy (non-hydrogen) atoms. The van der Waals surface area contributed by atoms with Gasteiger partial charge in [0.15, 0.2) is 0 Å². The summed E-state index contributed by atoms with van der Waals surface area (Å²) in [7, 11) is 0. The van der Waals surface area contributed by atoms with Crippen molar-refractivity contribution in [2.24, 2.45) is 0 Å². The lowest BCUT2D eigenvalue weighted by atomic mass is 10.1. The predicted octanol–water partition coefficient (Wildman–Crippen LogP) is 4.05. The lowest BCUT2D eigenvalue weighted by Crippen LogP contribution is -2.23. The molecule has 3 nitrogen and oxygen atoms in total. The van der Waals surface area contributed by atoms with Crippen molar-refractivity contribution in [3.05, 3.63) is 28.2 Å². The van der Waals surface area contributed by atoms with Crippen LogP contribution in [0.4, 0.5) is 0 Å². The topological polar surface area (TPSA) is 41.5 Å². The SMILES string of the molecule is CCCNC(C)c1cc(Br)ccc1OCCC(C)(C)O. The summed E-state index contributed by atoms with van der Waals surface area (Å²) in [6.07, 6.45) is 1.71. The van der Waals surface area contributed by atoms with Gasteiger partial charge in [0.25, 0.3) is 0 Å². The van der Waals surface area contributed by atoms with Crippen LogP contribution in [0.15, 0.2) is 22.7 Å². The van der Waals surface area contributed by atoms with Crippen molar-refractivity contribution in [2.45, 2.75) is 52.2 Å². The molecule has 2 N–H and O–H groups in total. The number of halogens is 1. The van der Waals surface area contributed by atoms with Crippen LogP contribution < -0.4 is 10.1 Å². The second-order valence-corrected chi connectivity index (χ2v) is 6.68. The van der Waals surface area contributed by atoms with E-state index in [0.717, 1.165) is 28.8 Å². The van der Waals surface area contributed by atoms with Crippen molar-refractivity contribution in [3.63, 3.8) is 0 Å². The summed E-state index contributed by atoms with van der Waals surface area (Å²) >= 11 is 3.51.